The molecule has 0 radical (unpaired) electrons. The van der Waals surface area contributed by atoms with Gasteiger partial charge in [-0.25, -0.2) is 0 Å². The maximum atomic E-state index is 12.5. The van der Waals surface area contributed by atoms with Crippen LogP contribution in [0.4, 0.5) is 0 Å². The summed E-state index contributed by atoms with van der Waals surface area (Å²) in [5.74, 6) is -0.00296. The SMILES string of the molecule is C[C@@H]1Cc2c(nn(C)c2C(=O)NCCC2(C)CC2)[C@H](C)O1. The van der Waals surface area contributed by atoms with E-state index < -0.39 is 0 Å². The Kier molecular flexibility index (Phi) is 3.56. The van der Waals surface area contributed by atoms with Crippen LogP contribution in [0.2, 0.25) is 0 Å². The molecule has 21 heavy (non-hydrogen) atoms. The molecule has 116 valence electrons. The minimum Gasteiger partial charge on any atom is -0.369 e. The second-order valence-electron chi connectivity index (χ2n) is 6.95. The van der Waals surface area contributed by atoms with E-state index in [-0.39, 0.29) is 18.1 Å². The van der Waals surface area contributed by atoms with Crippen molar-refractivity contribution in [2.45, 2.75) is 58.7 Å². The number of nitrogens with zero attached hydrogens (tertiary/aromatic N) is 2. The Bertz CT molecular complexity index is 560. The van der Waals surface area contributed by atoms with Crippen LogP contribution in [0.15, 0.2) is 0 Å². The van der Waals surface area contributed by atoms with Gasteiger partial charge in [0.05, 0.1) is 17.9 Å². The Labute approximate surface area is 126 Å². The Balaban J connectivity index is 1.73. The lowest BCUT2D eigenvalue weighted by Crippen LogP contribution is -2.30. The van der Waals surface area contributed by atoms with Crippen LogP contribution in [0.3, 0.4) is 0 Å². The number of carbonyl (C=O) groups is 1. The summed E-state index contributed by atoms with van der Waals surface area (Å²) >= 11 is 0. The van der Waals surface area contributed by atoms with Gasteiger partial charge in [-0.3, -0.25) is 9.48 Å². The van der Waals surface area contributed by atoms with Crippen molar-refractivity contribution in [1.82, 2.24) is 15.1 Å². The second-order valence-corrected chi connectivity index (χ2v) is 6.95. The first kappa shape index (κ1) is 14.6. The fourth-order valence-corrected chi connectivity index (χ4v) is 3.17. The molecule has 1 amide bonds. The minimum absolute atomic E-state index is 0.00296. The molecule has 1 aliphatic heterocycles. The number of nitrogens with one attached hydrogen (secondary N) is 1. The Hall–Kier alpha value is -1.36. The van der Waals surface area contributed by atoms with Crippen molar-refractivity contribution in [3.63, 3.8) is 0 Å². The van der Waals surface area contributed by atoms with Crippen LogP contribution in [0.1, 0.15) is 67.9 Å². The molecule has 2 atom stereocenters. The first-order valence-corrected chi connectivity index (χ1v) is 7.89. The highest BCUT2D eigenvalue weighted by atomic mass is 16.5. The van der Waals surface area contributed by atoms with Gasteiger partial charge in [-0.15, -0.1) is 0 Å². The standard InChI is InChI=1S/C16H25N3O2/c1-10-9-12-13(11(2)21-10)18-19(4)14(12)15(20)17-8-7-16(3)5-6-16/h10-11H,5-9H2,1-4H3,(H,17,20)/t10-,11+/m1/s1. The summed E-state index contributed by atoms with van der Waals surface area (Å²) in [6.07, 6.45) is 4.49. The molecular weight excluding hydrogens is 266 g/mol. The maximum Gasteiger partial charge on any atom is 0.269 e. The van der Waals surface area contributed by atoms with E-state index in [1.165, 1.54) is 12.8 Å². The predicted molar refractivity (Wildman–Crippen MR) is 80.2 cm³/mol. The lowest BCUT2D eigenvalue weighted by Gasteiger charge is -2.24. The number of aryl methyl sites for hydroxylation is 1. The van der Waals surface area contributed by atoms with E-state index >= 15 is 0 Å². The van der Waals surface area contributed by atoms with E-state index in [0.717, 1.165) is 30.6 Å². The van der Waals surface area contributed by atoms with Crippen LogP contribution in [0, 0.1) is 5.41 Å². The summed E-state index contributed by atoms with van der Waals surface area (Å²) in [5, 5.41) is 7.55. The monoisotopic (exact) mass is 291 g/mol. The van der Waals surface area contributed by atoms with E-state index in [1.54, 1.807) is 4.68 Å². The molecule has 2 heterocycles. The third-order valence-electron chi connectivity index (χ3n) is 4.82. The molecule has 3 rings (SSSR count). The molecule has 1 fully saturated rings. The van der Waals surface area contributed by atoms with Crippen LogP contribution in [0.5, 0.6) is 0 Å². The van der Waals surface area contributed by atoms with Gasteiger partial charge >= 0.3 is 0 Å². The number of fused-ring (bicyclic) bond motifs is 1. The van der Waals surface area contributed by atoms with E-state index in [1.807, 2.05) is 20.9 Å². The van der Waals surface area contributed by atoms with Crippen molar-refractivity contribution in [1.29, 1.82) is 0 Å². The second kappa shape index (κ2) is 5.13. The number of hydrogen-bond donors (Lipinski definition) is 1. The lowest BCUT2D eigenvalue weighted by molar-refractivity contribution is -0.00709. The van der Waals surface area contributed by atoms with Gasteiger partial charge in [0.1, 0.15) is 5.69 Å². The first-order chi connectivity index (χ1) is 9.89. The largest absolute Gasteiger partial charge is 0.369 e. The summed E-state index contributed by atoms with van der Waals surface area (Å²) < 4.78 is 7.49. The smallest absolute Gasteiger partial charge is 0.269 e. The van der Waals surface area contributed by atoms with Crippen molar-refractivity contribution in [3.05, 3.63) is 17.0 Å². The molecule has 1 aromatic heterocycles. The molecule has 1 aliphatic carbocycles. The van der Waals surface area contributed by atoms with Gasteiger partial charge in [-0.1, -0.05) is 6.92 Å². The van der Waals surface area contributed by atoms with Crippen molar-refractivity contribution in [2.24, 2.45) is 12.5 Å². The molecule has 5 nitrogen and oxygen atoms in total. The van der Waals surface area contributed by atoms with Crippen molar-refractivity contribution in [2.75, 3.05) is 6.54 Å². The van der Waals surface area contributed by atoms with Gasteiger partial charge in [0.2, 0.25) is 0 Å². The molecular formula is C16H25N3O2. The van der Waals surface area contributed by atoms with Crippen LogP contribution < -0.4 is 5.32 Å². The Morgan fingerprint density at radius 1 is 1.48 bits per heavy atom. The van der Waals surface area contributed by atoms with Gasteiger partial charge in [0, 0.05) is 25.6 Å². The summed E-state index contributed by atoms with van der Waals surface area (Å²) in [6, 6.07) is 0. The molecule has 2 aliphatic rings. The third kappa shape index (κ3) is 2.84. The summed E-state index contributed by atoms with van der Waals surface area (Å²) in [5.41, 5.74) is 3.14. The average molecular weight is 291 g/mol. The molecule has 1 N–H and O–H groups in total. The van der Waals surface area contributed by atoms with E-state index in [0.29, 0.717) is 11.1 Å². The van der Waals surface area contributed by atoms with Crippen molar-refractivity contribution >= 4 is 5.91 Å². The molecule has 0 unspecified atom stereocenters. The van der Waals surface area contributed by atoms with E-state index in [9.17, 15) is 4.79 Å². The van der Waals surface area contributed by atoms with Crippen LogP contribution in [-0.2, 0) is 18.2 Å². The van der Waals surface area contributed by atoms with Crippen LogP contribution in [-0.4, -0.2) is 28.3 Å². The average Bonchev–Trinajstić information content (AvgIpc) is 3.01. The quantitative estimate of drug-likeness (QED) is 0.926. The van der Waals surface area contributed by atoms with Crippen LogP contribution >= 0.6 is 0 Å². The highest BCUT2D eigenvalue weighted by Crippen LogP contribution is 2.47. The van der Waals surface area contributed by atoms with Crippen molar-refractivity contribution in [3.8, 4) is 0 Å². The van der Waals surface area contributed by atoms with Crippen molar-refractivity contribution < 1.29 is 9.53 Å². The molecule has 0 bridgehead atoms. The summed E-state index contributed by atoms with van der Waals surface area (Å²) in [4.78, 5) is 12.5. The fraction of sp³-hybridized carbons (Fsp3) is 0.750. The normalized spacial score (nSPS) is 26.3. The zero-order valence-electron chi connectivity index (χ0n) is 13.4. The molecule has 1 saturated carbocycles. The zero-order valence-corrected chi connectivity index (χ0v) is 13.4. The van der Waals surface area contributed by atoms with Gasteiger partial charge in [0.25, 0.3) is 5.91 Å². The van der Waals surface area contributed by atoms with E-state index in [4.69, 9.17) is 4.74 Å². The minimum atomic E-state index is -0.0399. The first-order valence-electron chi connectivity index (χ1n) is 7.89. The summed E-state index contributed by atoms with van der Waals surface area (Å²) in [6.45, 7) is 7.07. The number of ether oxygens (including phenoxy) is 1. The number of carbonyl (C=O) groups excluding carboxylic acids is 1. The molecule has 0 spiro atoms. The number of hydrogen-bond acceptors (Lipinski definition) is 3. The molecule has 1 aromatic rings. The highest BCUT2D eigenvalue weighted by molar-refractivity contribution is 5.94. The van der Waals surface area contributed by atoms with E-state index in [2.05, 4.69) is 17.3 Å². The summed E-state index contributed by atoms with van der Waals surface area (Å²) in [7, 11) is 1.84. The van der Waals surface area contributed by atoms with Gasteiger partial charge < -0.3 is 10.1 Å². The number of amides is 1. The maximum absolute atomic E-state index is 12.5. The lowest BCUT2D eigenvalue weighted by atomic mass is 9.99. The zero-order chi connectivity index (χ0) is 15.2. The highest BCUT2D eigenvalue weighted by Gasteiger charge is 2.37. The number of rotatable bonds is 4. The Morgan fingerprint density at radius 3 is 2.86 bits per heavy atom. The van der Waals surface area contributed by atoms with Gasteiger partial charge in [0.15, 0.2) is 0 Å². The topological polar surface area (TPSA) is 56.2 Å². The van der Waals surface area contributed by atoms with Gasteiger partial charge in [-0.05, 0) is 38.5 Å². The third-order valence-corrected chi connectivity index (χ3v) is 4.82. The van der Waals surface area contributed by atoms with Gasteiger partial charge in [-0.2, -0.15) is 5.10 Å². The molecule has 0 saturated heterocycles. The predicted octanol–water partition coefficient (Wildman–Crippen LogP) is 2.36. The molecule has 5 heteroatoms. The Morgan fingerprint density at radius 2 is 2.19 bits per heavy atom. The fourth-order valence-electron chi connectivity index (χ4n) is 3.17. The number of aromatic nitrogens is 2. The van der Waals surface area contributed by atoms with Crippen LogP contribution in [0.25, 0.3) is 0 Å². The molecule has 0 aromatic carbocycles.